The molecule has 0 fully saturated rings. The van der Waals surface area contributed by atoms with Crippen molar-refractivity contribution in [2.24, 2.45) is 0 Å². The Kier molecular flexibility index (Phi) is 5.74. The topological polar surface area (TPSA) is 95.4 Å². The molecule has 2 N–H and O–H groups in total. The van der Waals surface area contributed by atoms with Crippen LogP contribution in [-0.4, -0.2) is 47.4 Å². The van der Waals surface area contributed by atoms with Crippen LogP contribution in [0.5, 0.6) is 17.2 Å². The van der Waals surface area contributed by atoms with E-state index in [0.29, 0.717) is 52.4 Å². The number of benzene rings is 2. The minimum atomic E-state index is 0.502. The Bertz CT molecular complexity index is 1170. The first-order valence-electron chi connectivity index (χ1n) is 9.79. The average Bonchev–Trinajstić information content (AvgIpc) is 3.23. The minimum Gasteiger partial charge on any atom is -0.493 e. The van der Waals surface area contributed by atoms with Gasteiger partial charge in [0.05, 0.1) is 21.3 Å². The number of anilines is 3. The number of para-hydroxylation sites is 1. The quantitative estimate of drug-likeness (QED) is 0.441. The number of methoxy groups -OCH3 is 3. The van der Waals surface area contributed by atoms with Crippen LogP contribution < -0.4 is 24.8 Å². The Morgan fingerprint density at radius 3 is 2.26 bits per heavy atom. The molecule has 4 aromatic rings. The molecule has 4 rings (SSSR count). The summed E-state index contributed by atoms with van der Waals surface area (Å²) in [7, 11) is 4.73. The van der Waals surface area contributed by atoms with E-state index in [4.69, 9.17) is 14.2 Å². The lowest BCUT2D eigenvalue weighted by molar-refractivity contribution is 0.324. The average molecular weight is 420 g/mol. The summed E-state index contributed by atoms with van der Waals surface area (Å²) >= 11 is 0. The molecule has 9 nitrogen and oxygen atoms in total. The van der Waals surface area contributed by atoms with Crippen molar-refractivity contribution in [3.05, 3.63) is 48.8 Å². The Morgan fingerprint density at radius 2 is 1.65 bits per heavy atom. The highest BCUT2D eigenvalue weighted by Gasteiger charge is 2.17. The normalized spacial score (nSPS) is 10.7. The number of aromatic nitrogens is 4. The number of fused-ring (bicyclic) bond motifs is 1. The van der Waals surface area contributed by atoms with E-state index in [1.165, 1.54) is 0 Å². The van der Waals surface area contributed by atoms with Crippen LogP contribution in [0.2, 0.25) is 0 Å². The van der Waals surface area contributed by atoms with Gasteiger partial charge in [-0.1, -0.05) is 18.2 Å². The number of nitrogens with zero attached hydrogens (tertiary/aromatic N) is 4. The summed E-state index contributed by atoms with van der Waals surface area (Å²) < 4.78 is 18.3. The first-order chi connectivity index (χ1) is 15.2. The lowest BCUT2D eigenvalue weighted by atomic mass is 10.2. The second-order valence-corrected chi connectivity index (χ2v) is 6.59. The number of nitrogens with one attached hydrogen (secondary N) is 2. The zero-order valence-corrected chi connectivity index (χ0v) is 17.8. The summed E-state index contributed by atoms with van der Waals surface area (Å²) in [6, 6.07) is 13.6. The molecule has 0 saturated heterocycles. The van der Waals surface area contributed by atoms with Gasteiger partial charge < -0.3 is 24.8 Å². The third kappa shape index (κ3) is 3.89. The van der Waals surface area contributed by atoms with Gasteiger partial charge in [-0.15, -0.1) is 0 Å². The molecule has 0 aliphatic carbocycles. The maximum atomic E-state index is 5.46. The van der Waals surface area contributed by atoms with Crippen molar-refractivity contribution >= 4 is 28.6 Å². The predicted octanol–water partition coefficient (Wildman–Crippen LogP) is 4.02. The summed E-state index contributed by atoms with van der Waals surface area (Å²) in [5.41, 5.74) is 3.00. The van der Waals surface area contributed by atoms with Crippen LogP contribution in [0.4, 0.5) is 17.5 Å². The van der Waals surface area contributed by atoms with Gasteiger partial charge in [-0.25, -0.2) is 4.98 Å². The molecule has 0 aliphatic rings. The predicted molar refractivity (Wildman–Crippen MR) is 120 cm³/mol. The second kappa shape index (κ2) is 8.78. The van der Waals surface area contributed by atoms with E-state index in [0.717, 1.165) is 5.69 Å². The summed E-state index contributed by atoms with van der Waals surface area (Å²) in [5, 5.41) is 6.51. The summed E-state index contributed by atoms with van der Waals surface area (Å²) in [6.07, 6.45) is 1.74. The van der Waals surface area contributed by atoms with Crippen molar-refractivity contribution in [3.8, 4) is 22.9 Å². The number of ether oxygens (including phenoxy) is 3. The van der Waals surface area contributed by atoms with Gasteiger partial charge in [0.25, 0.3) is 0 Å². The zero-order chi connectivity index (χ0) is 21.8. The van der Waals surface area contributed by atoms with Crippen molar-refractivity contribution in [2.75, 3.05) is 38.5 Å². The zero-order valence-electron chi connectivity index (χ0n) is 17.8. The molecule has 0 saturated carbocycles. The highest BCUT2D eigenvalue weighted by atomic mass is 16.5. The molecule has 0 amide bonds. The van der Waals surface area contributed by atoms with Crippen LogP contribution in [0.15, 0.2) is 48.8 Å². The molecule has 0 atom stereocenters. The van der Waals surface area contributed by atoms with Crippen molar-refractivity contribution in [1.29, 1.82) is 0 Å². The highest BCUT2D eigenvalue weighted by molar-refractivity contribution is 5.88. The van der Waals surface area contributed by atoms with E-state index >= 15 is 0 Å². The van der Waals surface area contributed by atoms with E-state index in [1.807, 2.05) is 54.0 Å². The van der Waals surface area contributed by atoms with Crippen LogP contribution >= 0.6 is 0 Å². The molecule has 0 spiro atoms. The van der Waals surface area contributed by atoms with Gasteiger partial charge in [0, 0.05) is 30.1 Å². The van der Waals surface area contributed by atoms with Crippen molar-refractivity contribution in [2.45, 2.75) is 6.92 Å². The first-order valence-corrected chi connectivity index (χ1v) is 9.79. The molecule has 0 unspecified atom stereocenters. The van der Waals surface area contributed by atoms with Gasteiger partial charge in [0.1, 0.15) is 6.33 Å². The van der Waals surface area contributed by atoms with Crippen LogP contribution in [-0.2, 0) is 0 Å². The fourth-order valence-corrected chi connectivity index (χ4v) is 3.29. The van der Waals surface area contributed by atoms with Gasteiger partial charge >= 0.3 is 0 Å². The van der Waals surface area contributed by atoms with Gasteiger partial charge in [-0.3, -0.25) is 4.57 Å². The SMILES string of the molecule is CCNc1nc(Nc2cc(OC)c(OC)c(OC)c2)c2ncn(-c3ccccc3)c2n1. The summed E-state index contributed by atoms with van der Waals surface area (Å²) in [6.45, 7) is 2.68. The number of imidazole rings is 1. The molecule has 160 valence electrons. The molecule has 2 aromatic heterocycles. The van der Waals surface area contributed by atoms with Crippen molar-refractivity contribution < 1.29 is 14.2 Å². The van der Waals surface area contributed by atoms with Crippen LogP contribution in [0, 0.1) is 0 Å². The van der Waals surface area contributed by atoms with E-state index < -0.39 is 0 Å². The smallest absolute Gasteiger partial charge is 0.226 e. The third-order valence-corrected chi connectivity index (χ3v) is 4.69. The lowest BCUT2D eigenvalue weighted by Gasteiger charge is -2.15. The van der Waals surface area contributed by atoms with Crippen molar-refractivity contribution in [3.63, 3.8) is 0 Å². The van der Waals surface area contributed by atoms with Gasteiger partial charge in [0.15, 0.2) is 28.5 Å². The second-order valence-electron chi connectivity index (χ2n) is 6.59. The monoisotopic (exact) mass is 420 g/mol. The highest BCUT2D eigenvalue weighted by Crippen LogP contribution is 2.41. The molecule has 2 heterocycles. The molecule has 0 bridgehead atoms. The first kappa shape index (κ1) is 20.3. The molecule has 0 aliphatic heterocycles. The Hall–Kier alpha value is -4.01. The van der Waals surface area contributed by atoms with Crippen molar-refractivity contribution in [1.82, 2.24) is 19.5 Å². The molecular formula is C22H24N6O3. The van der Waals surface area contributed by atoms with Crippen LogP contribution in [0.1, 0.15) is 6.92 Å². The van der Waals surface area contributed by atoms with Gasteiger partial charge in [-0.05, 0) is 19.1 Å². The van der Waals surface area contributed by atoms with Gasteiger partial charge in [0.2, 0.25) is 11.7 Å². The van der Waals surface area contributed by atoms with Gasteiger partial charge in [-0.2, -0.15) is 9.97 Å². The molecule has 31 heavy (non-hydrogen) atoms. The largest absolute Gasteiger partial charge is 0.493 e. The number of rotatable bonds is 8. The third-order valence-electron chi connectivity index (χ3n) is 4.69. The van der Waals surface area contributed by atoms with E-state index in [2.05, 4.69) is 25.6 Å². The summed E-state index contributed by atoms with van der Waals surface area (Å²) in [4.78, 5) is 13.9. The lowest BCUT2D eigenvalue weighted by Crippen LogP contribution is -2.06. The van der Waals surface area contributed by atoms with Crippen LogP contribution in [0.3, 0.4) is 0 Å². The number of hydrogen-bond donors (Lipinski definition) is 2. The minimum absolute atomic E-state index is 0.502. The Labute approximate surface area is 180 Å². The molecular weight excluding hydrogens is 396 g/mol. The number of hydrogen-bond acceptors (Lipinski definition) is 8. The van der Waals surface area contributed by atoms with E-state index in [9.17, 15) is 0 Å². The van der Waals surface area contributed by atoms with E-state index in [1.54, 1.807) is 27.7 Å². The summed E-state index contributed by atoms with van der Waals surface area (Å²) in [5.74, 6) is 2.66. The fourth-order valence-electron chi connectivity index (χ4n) is 3.29. The maximum absolute atomic E-state index is 5.46. The fraction of sp³-hybridized carbons (Fsp3) is 0.227. The van der Waals surface area contributed by atoms with E-state index in [-0.39, 0.29) is 0 Å². The molecule has 0 radical (unpaired) electrons. The Balaban J connectivity index is 1.83. The standard InChI is InChI=1S/C22H24N6O3/c1-5-23-22-26-20(25-14-11-16(29-2)19(31-4)17(12-14)30-3)18-21(27-22)28(13-24-18)15-9-7-6-8-10-15/h6-13H,5H2,1-4H3,(H2,23,25,26,27). The van der Waals surface area contributed by atoms with Crippen LogP contribution in [0.25, 0.3) is 16.9 Å². The maximum Gasteiger partial charge on any atom is 0.226 e. The molecule has 9 heteroatoms. The molecule has 2 aromatic carbocycles. The Morgan fingerprint density at radius 1 is 0.935 bits per heavy atom.